The molecule has 1 saturated heterocycles. The van der Waals surface area contributed by atoms with E-state index >= 15 is 28.8 Å². The van der Waals surface area contributed by atoms with Gasteiger partial charge in [0.25, 0.3) is 0 Å². The number of phenols is 2. The number of aromatic nitrogens is 3. The van der Waals surface area contributed by atoms with Gasteiger partial charge in [0.2, 0.25) is 88.6 Å². The summed E-state index contributed by atoms with van der Waals surface area (Å²) in [6, 6.07) is 18.4. The third kappa shape index (κ3) is 30.3. The average Bonchev–Trinajstić information content (AvgIpc) is 1.73. The van der Waals surface area contributed by atoms with Gasteiger partial charge in [-0.05, 0) is 82.8 Å². The number of unbranched alkanes of at least 4 members (excludes halogenated alkanes) is 1. The van der Waals surface area contributed by atoms with Gasteiger partial charge in [0.05, 0.1) is 43.8 Å². The lowest BCUT2D eigenvalue weighted by Crippen LogP contribution is -2.61. The molecular formula is C89H114N18O19S. The Balaban J connectivity index is 1.20. The molecule has 15 amide bonds. The van der Waals surface area contributed by atoms with Crippen molar-refractivity contribution in [3.63, 3.8) is 0 Å². The lowest BCUT2D eigenvalue weighted by Gasteiger charge is -2.37. The standard InChI is InChI=1S/C89H114N18O19S/c1-10-11-26-71-88(125)105(7)47-75(112)96-67(42-77(114)115)84(121)103-78(52(4)5)85(122)100-66(41-58-44-91-50-94-58)83(120)101-68(38-56-29-33-60(109)34-30-56)86(123)104(6)46-74(111)95-65(40-57-43-92-62-25-19-18-24-61(57)62)82(119)99-64(36-55-27-31-59(108)32-28-55)81(118)98-63(35-51(2)3)80(117)102-70(79(116)93-45-73(90)110)48-127-49-76(113)97-69(37-53-20-14-12-15-21-53)87(124)107(9)72(89(126)106(71)8)39-54-22-16-13-17-23-54/h12-25,27-34,43-44,50-52,63-72,78,92,108-109H,10-11,26,35-42,45-49H2,1-9H3,(H2,90,110)(H,91,94)(H,93,116)(H,95,111)(H,96,112)(H,97,113)(H,98,118)(H,99,119)(H,100,122)(H,101,120)(H,102,117)(H,103,121)(H,114,115)/t63-,64-,65-,66-,67-,68-,69-,70-,71-,72-,78-/m0/s1. The highest BCUT2D eigenvalue weighted by Gasteiger charge is 2.41. The maximum absolute atomic E-state index is 15.5. The van der Waals surface area contributed by atoms with Gasteiger partial charge in [-0.25, -0.2) is 4.98 Å². The first kappa shape index (κ1) is 98.8. The van der Waals surface area contributed by atoms with E-state index in [1.807, 2.05) is 6.92 Å². The SMILES string of the molecule is CCCC[C@H]1C(=O)N(C)CC(=O)N[C@@H](CC(=O)O)C(=O)N[C@@H](C(C)C)C(=O)N[C@@H](Cc2c[nH]cn2)C(=O)N[C@@H](Cc2ccc(O)cc2)C(=O)N(C)CC(=O)N[C@@H](Cc2c[nH]c3ccccc23)C(=O)N[C@@H](Cc2ccc(O)cc2)C(=O)N[C@@H](CC(C)C)C(=O)N[C@H](C(=O)NCC(N)=O)CSCC(=O)N[C@@H](Cc2ccccc2)C(=O)N(C)[C@@H](Cc2ccccc2)C(=O)N1C. The normalized spacial score (nSPS) is 22.0. The van der Waals surface area contributed by atoms with Crippen LogP contribution in [0.3, 0.4) is 0 Å². The summed E-state index contributed by atoms with van der Waals surface area (Å²) in [6.45, 7) is 6.06. The van der Waals surface area contributed by atoms with Gasteiger partial charge in [0, 0.05) is 95.8 Å². The number of benzene rings is 5. The Morgan fingerprint density at radius 1 is 0.504 bits per heavy atom. The van der Waals surface area contributed by atoms with Crippen molar-refractivity contribution in [1.82, 2.24) is 87.7 Å². The number of rotatable bonds is 23. The lowest BCUT2D eigenvalue weighted by atomic mass is 9.99. The number of aromatic hydroxyl groups is 2. The molecule has 1 fully saturated rings. The van der Waals surface area contributed by atoms with Crippen LogP contribution >= 0.6 is 11.8 Å². The van der Waals surface area contributed by atoms with Gasteiger partial charge in [0.1, 0.15) is 78.0 Å². The molecule has 8 rings (SSSR count). The summed E-state index contributed by atoms with van der Waals surface area (Å²) in [5.74, 6) is -17.8. The van der Waals surface area contributed by atoms with Crippen molar-refractivity contribution in [1.29, 1.82) is 0 Å². The van der Waals surface area contributed by atoms with E-state index < -0.39 is 199 Å². The van der Waals surface area contributed by atoms with Crippen molar-refractivity contribution < 1.29 is 92.0 Å². The second-order valence-electron chi connectivity index (χ2n) is 32.2. The summed E-state index contributed by atoms with van der Waals surface area (Å²) < 4.78 is 0. The Hall–Kier alpha value is -13.7. The molecule has 0 spiro atoms. The van der Waals surface area contributed by atoms with Crippen LogP contribution in [0.1, 0.15) is 100 Å². The molecule has 3 heterocycles. The molecule has 0 radical (unpaired) electrons. The highest BCUT2D eigenvalue weighted by atomic mass is 32.2. The number of carboxylic acids is 1. The molecule has 0 aliphatic carbocycles. The molecule has 37 nitrogen and oxygen atoms in total. The number of H-pyrrole nitrogens is 2. The molecule has 0 saturated carbocycles. The third-order valence-electron chi connectivity index (χ3n) is 21.3. The number of likely N-dealkylation sites (N-methyl/N-ethyl adjacent to an activating group) is 4. The molecule has 0 unspecified atom stereocenters. The van der Waals surface area contributed by atoms with Crippen LogP contribution in [-0.4, -0.2) is 270 Å². The third-order valence-corrected chi connectivity index (χ3v) is 22.3. The molecule has 680 valence electrons. The molecule has 2 aromatic heterocycles. The van der Waals surface area contributed by atoms with Crippen molar-refractivity contribution in [2.24, 2.45) is 17.6 Å². The van der Waals surface area contributed by atoms with Crippen LogP contribution in [-0.2, 0) is 115 Å². The molecule has 127 heavy (non-hydrogen) atoms. The molecule has 1 aliphatic rings. The number of nitrogens with one attached hydrogen (secondary N) is 12. The van der Waals surface area contributed by atoms with Crippen molar-refractivity contribution in [3.05, 3.63) is 186 Å². The maximum atomic E-state index is 15.5. The monoisotopic (exact) mass is 1770 g/mol. The minimum absolute atomic E-state index is 0.0259. The van der Waals surface area contributed by atoms with E-state index in [1.165, 1.54) is 103 Å². The number of fused-ring (bicyclic) bond motifs is 1. The zero-order valence-corrected chi connectivity index (χ0v) is 73.2. The van der Waals surface area contributed by atoms with Gasteiger partial charge in [-0.3, -0.25) is 76.7 Å². The minimum atomic E-state index is -1.92. The second kappa shape index (κ2) is 48.0. The number of carbonyl (C=O) groups is 16. The number of nitrogens with two attached hydrogens (primary N) is 1. The Bertz CT molecular complexity index is 4980. The number of hydrogen-bond acceptors (Lipinski definition) is 20. The highest BCUT2D eigenvalue weighted by Crippen LogP contribution is 2.24. The number of phenolic OH excluding ortho intramolecular Hbond substituents is 2. The minimum Gasteiger partial charge on any atom is -0.508 e. The molecular weight excluding hydrogens is 1660 g/mol. The number of aliphatic carboxylic acids is 1. The number of imidazole rings is 1. The number of nitrogens with zero attached hydrogens (tertiary/aromatic N) is 5. The van der Waals surface area contributed by atoms with Gasteiger partial charge in [-0.15, -0.1) is 11.8 Å². The van der Waals surface area contributed by atoms with Gasteiger partial charge < -0.3 is 104 Å². The first-order chi connectivity index (χ1) is 60.4. The quantitative estimate of drug-likeness (QED) is 0.0419. The van der Waals surface area contributed by atoms with Crippen LogP contribution in [0.25, 0.3) is 10.9 Å². The Morgan fingerprint density at radius 2 is 0.984 bits per heavy atom. The van der Waals surface area contributed by atoms with Gasteiger partial charge >= 0.3 is 5.97 Å². The fourth-order valence-electron chi connectivity index (χ4n) is 14.4. The van der Waals surface area contributed by atoms with Crippen molar-refractivity contribution in [2.75, 3.05) is 59.3 Å². The summed E-state index contributed by atoms with van der Waals surface area (Å²) in [6.07, 6.45) is 2.60. The van der Waals surface area contributed by atoms with Crippen LogP contribution in [0.5, 0.6) is 11.5 Å². The molecule has 17 N–H and O–H groups in total. The van der Waals surface area contributed by atoms with Crippen LogP contribution in [0.2, 0.25) is 0 Å². The summed E-state index contributed by atoms with van der Waals surface area (Å²) in [5, 5.41) is 57.8. The van der Waals surface area contributed by atoms with E-state index in [2.05, 4.69) is 68.1 Å². The fraction of sp³-hybridized carbons (Fsp3) is 0.427. The number of para-hydroxylation sites is 1. The van der Waals surface area contributed by atoms with E-state index in [-0.39, 0.29) is 80.2 Å². The fourth-order valence-corrected chi connectivity index (χ4v) is 15.3. The van der Waals surface area contributed by atoms with Crippen molar-refractivity contribution in [3.8, 4) is 11.5 Å². The number of carboxylic acid groups (broad SMARTS) is 1. The lowest BCUT2D eigenvalue weighted by molar-refractivity contribution is -0.151. The predicted molar refractivity (Wildman–Crippen MR) is 470 cm³/mol. The van der Waals surface area contributed by atoms with E-state index in [0.29, 0.717) is 51.6 Å². The number of primary amides is 1. The van der Waals surface area contributed by atoms with Crippen LogP contribution in [0.4, 0.5) is 0 Å². The highest BCUT2D eigenvalue weighted by molar-refractivity contribution is 8.00. The second-order valence-corrected chi connectivity index (χ2v) is 33.3. The number of aromatic amines is 2. The number of carbonyl (C=O) groups excluding carboxylic acids is 15. The molecule has 1 aliphatic heterocycles. The zero-order chi connectivity index (χ0) is 92.7. The van der Waals surface area contributed by atoms with Crippen molar-refractivity contribution >= 4 is 117 Å². The van der Waals surface area contributed by atoms with Gasteiger partial charge in [-0.2, -0.15) is 0 Å². The summed E-state index contributed by atoms with van der Waals surface area (Å²) in [5.41, 5.74) is 8.76. The average molecular weight is 1770 g/mol. The Kier molecular flexibility index (Phi) is 37.3. The van der Waals surface area contributed by atoms with E-state index in [0.717, 1.165) is 31.4 Å². The summed E-state index contributed by atoms with van der Waals surface area (Å²) in [7, 11) is 5.21. The number of thioether (sulfide) groups is 1. The van der Waals surface area contributed by atoms with Crippen molar-refractivity contribution in [2.45, 2.75) is 172 Å². The Morgan fingerprint density at radius 3 is 1.54 bits per heavy atom. The summed E-state index contributed by atoms with van der Waals surface area (Å²) >= 11 is 0.826. The largest absolute Gasteiger partial charge is 0.508 e. The molecule has 5 aromatic carbocycles. The van der Waals surface area contributed by atoms with Crippen LogP contribution < -0.4 is 58.9 Å². The first-order valence-electron chi connectivity index (χ1n) is 41.7. The van der Waals surface area contributed by atoms with Crippen LogP contribution in [0, 0.1) is 11.8 Å². The first-order valence-corrected chi connectivity index (χ1v) is 42.9. The summed E-state index contributed by atoms with van der Waals surface area (Å²) in [4.78, 5) is 248. The number of amides is 15. The molecule has 11 atom stereocenters. The van der Waals surface area contributed by atoms with Gasteiger partial charge in [-0.1, -0.05) is 151 Å². The molecule has 0 bridgehead atoms. The van der Waals surface area contributed by atoms with Crippen LogP contribution in [0.15, 0.2) is 152 Å². The van der Waals surface area contributed by atoms with E-state index in [9.17, 15) is 63.3 Å². The maximum Gasteiger partial charge on any atom is 0.305 e. The van der Waals surface area contributed by atoms with E-state index in [1.54, 1.807) is 105 Å². The Labute approximate surface area is 739 Å². The van der Waals surface area contributed by atoms with E-state index in [4.69, 9.17) is 5.73 Å². The number of hydrogen-bond donors (Lipinski definition) is 16. The van der Waals surface area contributed by atoms with Gasteiger partial charge in [0.15, 0.2) is 0 Å². The predicted octanol–water partition coefficient (Wildman–Crippen LogP) is 0.707. The molecule has 38 heteroatoms. The smallest absolute Gasteiger partial charge is 0.305 e. The topological polar surface area (TPSA) is 538 Å². The zero-order valence-electron chi connectivity index (χ0n) is 72.3. The molecule has 7 aromatic rings.